The molecule has 1 aromatic heterocycles. The van der Waals surface area contributed by atoms with Gasteiger partial charge in [-0.2, -0.15) is 0 Å². The number of para-hydroxylation sites is 1. The van der Waals surface area contributed by atoms with Gasteiger partial charge < -0.3 is 40.9 Å². The highest BCUT2D eigenvalue weighted by atomic mass is 32.1. The van der Waals surface area contributed by atoms with Gasteiger partial charge in [0.15, 0.2) is 10.8 Å². The van der Waals surface area contributed by atoms with Crippen LogP contribution in [0.1, 0.15) is 21.6 Å². The number of carbonyl (C=O) groups excluding carboxylic acids is 1. The van der Waals surface area contributed by atoms with E-state index in [0.29, 0.717) is 5.56 Å². The minimum Gasteiger partial charge on any atom is -0.534 e. The molecule has 14 heteroatoms. The Kier molecular flexibility index (Phi) is 7.07. The van der Waals surface area contributed by atoms with Crippen molar-refractivity contribution in [3.05, 3.63) is 40.4 Å². The highest BCUT2D eigenvalue weighted by molar-refractivity contribution is 7.13. The number of anilines is 1. The van der Waals surface area contributed by atoms with Crippen LogP contribution in [-0.2, 0) is 16.1 Å². The fourth-order valence-corrected chi connectivity index (χ4v) is 3.34. The van der Waals surface area contributed by atoms with Gasteiger partial charge in [0.05, 0.1) is 18.1 Å². The van der Waals surface area contributed by atoms with Crippen molar-refractivity contribution in [3.63, 3.8) is 0 Å². The summed E-state index contributed by atoms with van der Waals surface area (Å²) in [7, 11) is -1.52. The number of amides is 1. The molecule has 1 amide bonds. The zero-order valence-electron chi connectivity index (χ0n) is 16.0. The number of aromatic nitrogens is 1. The van der Waals surface area contributed by atoms with Gasteiger partial charge in [0.1, 0.15) is 24.2 Å². The lowest BCUT2D eigenvalue weighted by Gasteiger charge is -2.28. The Bertz CT molecular complexity index is 1000. The first-order valence-electron chi connectivity index (χ1n) is 9.01. The highest BCUT2D eigenvalue weighted by Gasteiger charge is 2.38. The summed E-state index contributed by atoms with van der Waals surface area (Å²) < 4.78 is 5.35. The number of aliphatic hydroxyl groups excluding tert-OH is 2. The molecule has 7 N–H and O–H groups in total. The van der Waals surface area contributed by atoms with E-state index in [1.807, 2.05) is 0 Å². The molecule has 1 aliphatic rings. The Morgan fingerprint density at radius 3 is 2.90 bits per heavy atom. The van der Waals surface area contributed by atoms with E-state index in [1.165, 1.54) is 17.5 Å². The Morgan fingerprint density at radius 1 is 1.48 bits per heavy atom. The minimum atomic E-state index is -1.52. The first kappa shape index (κ1) is 22.5. The van der Waals surface area contributed by atoms with Crippen LogP contribution in [0.25, 0.3) is 0 Å². The van der Waals surface area contributed by atoms with Gasteiger partial charge in [0.2, 0.25) is 0 Å². The van der Waals surface area contributed by atoms with E-state index in [4.69, 9.17) is 20.3 Å². The Balaban J connectivity index is 1.79. The van der Waals surface area contributed by atoms with Gasteiger partial charge in [-0.3, -0.25) is 4.79 Å². The predicted molar refractivity (Wildman–Crippen MR) is 110 cm³/mol. The van der Waals surface area contributed by atoms with Crippen molar-refractivity contribution in [3.8, 4) is 5.75 Å². The fourth-order valence-electron chi connectivity index (χ4n) is 2.79. The van der Waals surface area contributed by atoms with Crippen LogP contribution in [0.4, 0.5) is 5.13 Å². The van der Waals surface area contributed by atoms with E-state index < -0.39 is 37.6 Å². The molecule has 0 radical (unpaired) electrons. The predicted octanol–water partition coefficient (Wildman–Crippen LogP) is -1.36. The number of nitrogen functional groups attached to an aromatic ring is 1. The molecule has 2 heterocycles. The fraction of sp³-hybridized carbons (Fsp3) is 0.294. The molecule has 0 saturated heterocycles. The van der Waals surface area contributed by atoms with Crippen LogP contribution in [0.3, 0.4) is 0 Å². The largest absolute Gasteiger partial charge is 0.547 e. The molecule has 1 aliphatic heterocycles. The second-order valence-corrected chi connectivity index (χ2v) is 7.42. The van der Waals surface area contributed by atoms with Crippen molar-refractivity contribution in [1.29, 1.82) is 0 Å². The number of carbonyl (C=O) groups is 2. The van der Waals surface area contributed by atoms with Gasteiger partial charge in [-0.25, -0.2) is 9.78 Å². The molecule has 2 aromatic rings. The number of aliphatic hydroxyl groups is 2. The van der Waals surface area contributed by atoms with E-state index in [0.717, 1.165) is 11.3 Å². The Morgan fingerprint density at radius 2 is 2.26 bits per heavy atom. The summed E-state index contributed by atoms with van der Waals surface area (Å²) in [5.74, 6) is -2.86. The summed E-state index contributed by atoms with van der Waals surface area (Å²) in [5.41, 5.74) is 5.85. The van der Waals surface area contributed by atoms with Crippen molar-refractivity contribution in [2.75, 3.05) is 18.9 Å². The number of benzene rings is 1. The van der Waals surface area contributed by atoms with Crippen molar-refractivity contribution >= 4 is 41.2 Å². The van der Waals surface area contributed by atoms with Gasteiger partial charge in [-0.05, 0) is 18.1 Å². The first-order valence-corrected chi connectivity index (χ1v) is 9.89. The minimum absolute atomic E-state index is 0.0375. The number of carboxylic acids is 1. The van der Waals surface area contributed by atoms with Crippen molar-refractivity contribution < 1.29 is 39.4 Å². The number of fused-ring (bicyclic) bond motifs is 1. The average molecular weight is 450 g/mol. The number of nitrogens with one attached hydrogen (secondary N) is 1. The summed E-state index contributed by atoms with van der Waals surface area (Å²) in [6, 6.07) is 4.51. The smallest absolute Gasteiger partial charge is 0.534 e. The standard InChI is InChI=1S/C17H19BN4O8S/c19-17-20-11(7-31-17)13(22-29-6-9(24)5-23)15(25)21-12-4-8-2-1-3-10(16(26)27)14(8)30-18(12)28/h1-3,7,9,12,23-24,28H,4-6H2,(H2,19,20)(H,21,25)(H,26,27)/b22-13-. The third-order valence-corrected chi connectivity index (χ3v) is 4.95. The molecule has 2 atom stereocenters. The summed E-state index contributed by atoms with van der Waals surface area (Å²) in [5, 5.41) is 45.7. The normalized spacial score (nSPS) is 16.8. The summed E-state index contributed by atoms with van der Waals surface area (Å²) in [4.78, 5) is 33.1. The maximum Gasteiger partial charge on any atom is 0.547 e. The third kappa shape index (κ3) is 5.30. The maximum atomic E-state index is 12.8. The van der Waals surface area contributed by atoms with Gasteiger partial charge in [0.25, 0.3) is 5.91 Å². The van der Waals surface area contributed by atoms with Crippen molar-refractivity contribution in [1.82, 2.24) is 10.3 Å². The molecule has 0 saturated carbocycles. The lowest BCUT2D eigenvalue weighted by Crippen LogP contribution is -2.54. The van der Waals surface area contributed by atoms with Gasteiger partial charge in [0, 0.05) is 5.38 Å². The van der Waals surface area contributed by atoms with Gasteiger partial charge in [-0.1, -0.05) is 17.3 Å². The molecule has 0 aliphatic carbocycles. The monoisotopic (exact) mass is 450 g/mol. The SMILES string of the molecule is Nc1nc(/C(=N/OCC(O)CO)C(=O)NC2Cc3cccc(C(=O)O)c3OB2O)cs1. The molecule has 12 nitrogen and oxygen atoms in total. The molecule has 0 fully saturated rings. The number of rotatable bonds is 8. The van der Waals surface area contributed by atoms with E-state index in [9.17, 15) is 24.8 Å². The van der Waals surface area contributed by atoms with Crippen molar-refractivity contribution in [2.45, 2.75) is 18.5 Å². The maximum absolute atomic E-state index is 12.8. The van der Waals surface area contributed by atoms with Crippen LogP contribution in [0.2, 0.25) is 0 Å². The number of thiazole rings is 1. The first-order chi connectivity index (χ1) is 14.8. The van der Waals surface area contributed by atoms with Crippen LogP contribution >= 0.6 is 11.3 Å². The van der Waals surface area contributed by atoms with Crippen LogP contribution in [0.5, 0.6) is 5.75 Å². The van der Waals surface area contributed by atoms with Crippen LogP contribution in [0, 0.1) is 0 Å². The highest BCUT2D eigenvalue weighted by Crippen LogP contribution is 2.30. The molecular formula is C17H19BN4O8S. The average Bonchev–Trinajstić information content (AvgIpc) is 3.16. The number of hydrogen-bond acceptors (Lipinski definition) is 11. The number of hydrogen-bond donors (Lipinski definition) is 6. The van der Waals surface area contributed by atoms with Crippen LogP contribution < -0.4 is 15.7 Å². The second-order valence-electron chi connectivity index (χ2n) is 6.53. The van der Waals surface area contributed by atoms with Gasteiger partial charge in [-0.15, -0.1) is 11.3 Å². The summed E-state index contributed by atoms with van der Waals surface area (Å²) >= 11 is 1.07. The molecule has 31 heavy (non-hydrogen) atoms. The number of nitrogens with two attached hydrogens (primary N) is 1. The molecule has 0 spiro atoms. The van der Waals surface area contributed by atoms with E-state index in [2.05, 4.69) is 15.5 Å². The quantitative estimate of drug-likeness (QED) is 0.159. The molecule has 2 unspecified atom stereocenters. The molecule has 3 rings (SSSR count). The number of nitrogens with zero attached hydrogens (tertiary/aromatic N) is 2. The summed E-state index contributed by atoms with van der Waals surface area (Å²) in [6.07, 6.45) is -1.10. The van der Waals surface area contributed by atoms with Crippen LogP contribution in [0.15, 0.2) is 28.7 Å². The Labute approximate surface area is 180 Å². The molecule has 1 aromatic carbocycles. The van der Waals surface area contributed by atoms with Crippen LogP contribution in [-0.4, -0.2) is 75.3 Å². The van der Waals surface area contributed by atoms with Gasteiger partial charge >= 0.3 is 13.1 Å². The molecule has 0 bridgehead atoms. The lowest BCUT2D eigenvalue weighted by atomic mass is 9.72. The zero-order chi connectivity index (χ0) is 22.5. The molecule has 164 valence electrons. The topological polar surface area (TPSA) is 197 Å². The zero-order valence-corrected chi connectivity index (χ0v) is 16.8. The number of aromatic carboxylic acids is 1. The third-order valence-electron chi connectivity index (χ3n) is 4.28. The van der Waals surface area contributed by atoms with E-state index >= 15 is 0 Å². The molecular weight excluding hydrogens is 431 g/mol. The van der Waals surface area contributed by atoms with E-state index in [-0.39, 0.29) is 40.9 Å². The second kappa shape index (κ2) is 9.74. The number of carboxylic acid groups (broad SMARTS) is 1. The summed E-state index contributed by atoms with van der Waals surface area (Å²) in [6.45, 7) is -0.919. The number of oxime groups is 1. The van der Waals surface area contributed by atoms with E-state index in [1.54, 1.807) is 6.07 Å². The lowest BCUT2D eigenvalue weighted by molar-refractivity contribution is -0.115. The van der Waals surface area contributed by atoms with Crippen molar-refractivity contribution in [2.24, 2.45) is 5.16 Å². The Hall–Kier alpha value is -3.20.